The number of methoxy groups -OCH3 is 1. The van der Waals surface area contributed by atoms with Gasteiger partial charge in [-0.1, -0.05) is 24.3 Å². The van der Waals surface area contributed by atoms with Crippen LogP contribution in [0.25, 0.3) is 10.9 Å². The molecule has 0 saturated heterocycles. The van der Waals surface area contributed by atoms with E-state index in [1.165, 1.54) is 0 Å². The Labute approximate surface area is 123 Å². The van der Waals surface area contributed by atoms with Crippen molar-refractivity contribution in [2.24, 2.45) is 0 Å². The largest absolute Gasteiger partial charge is 0.481 e. The molecule has 0 aliphatic heterocycles. The fourth-order valence-corrected chi connectivity index (χ4v) is 2.27. The number of nitrogens with zero attached hydrogens (tertiary/aromatic N) is 2. The molecule has 4 nitrogen and oxygen atoms in total. The third-order valence-electron chi connectivity index (χ3n) is 3.30. The zero-order chi connectivity index (χ0) is 14.5. The van der Waals surface area contributed by atoms with Gasteiger partial charge in [0.15, 0.2) is 0 Å². The van der Waals surface area contributed by atoms with Gasteiger partial charge in [-0.25, -0.2) is 4.98 Å². The maximum Gasteiger partial charge on any atom is 0.218 e. The molecule has 4 heteroatoms. The van der Waals surface area contributed by atoms with Crippen LogP contribution in [-0.4, -0.2) is 17.1 Å². The van der Waals surface area contributed by atoms with Crippen LogP contribution in [0.1, 0.15) is 11.3 Å². The molecule has 106 valence electrons. The van der Waals surface area contributed by atoms with Gasteiger partial charge in [0.25, 0.3) is 0 Å². The Morgan fingerprint density at radius 3 is 2.71 bits per heavy atom. The predicted molar refractivity (Wildman–Crippen MR) is 83.1 cm³/mol. The topological polar surface area (TPSA) is 47.0 Å². The summed E-state index contributed by atoms with van der Waals surface area (Å²) in [5.74, 6) is 0.669. The highest BCUT2D eigenvalue weighted by atomic mass is 16.5. The van der Waals surface area contributed by atoms with Gasteiger partial charge in [0.05, 0.1) is 18.3 Å². The lowest BCUT2D eigenvalue weighted by molar-refractivity contribution is 0.392. The Morgan fingerprint density at radius 2 is 1.90 bits per heavy atom. The number of ether oxygens (including phenoxy) is 1. The van der Waals surface area contributed by atoms with E-state index in [-0.39, 0.29) is 0 Å². The van der Waals surface area contributed by atoms with Gasteiger partial charge in [0, 0.05) is 30.2 Å². The molecule has 21 heavy (non-hydrogen) atoms. The average Bonchev–Trinajstić information content (AvgIpc) is 2.55. The Morgan fingerprint density at radius 1 is 1.05 bits per heavy atom. The molecule has 2 aromatic heterocycles. The van der Waals surface area contributed by atoms with Gasteiger partial charge in [0.2, 0.25) is 5.88 Å². The van der Waals surface area contributed by atoms with Gasteiger partial charge in [-0.2, -0.15) is 0 Å². The van der Waals surface area contributed by atoms with Gasteiger partial charge in [0.1, 0.15) is 0 Å². The van der Waals surface area contributed by atoms with Gasteiger partial charge in [-0.15, -0.1) is 0 Å². The summed E-state index contributed by atoms with van der Waals surface area (Å²) in [7, 11) is 1.65. The van der Waals surface area contributed by atoms with Crippen molar-refractivity contribution in [2.75, 3.05) is 7.11 Å². The molecule has 0 aliphatic rings. The summed E-state index contributed by atoms with van der Waals surface area (Å²) < 4.78 is 5.39. The quantitative estimate of drug-likeness (QED) is 0.780. The Hall–Kier alpha value is -2.46. The van der Waals surface area contributed by atoms with E-state index in [0.29, 0.717) is 12.4 Å². The van der Waals surface area contributed by atoms with E-state index in [9.17, 15) is 0 Å². The Kier molecular flexibility index (Phi) is 4.07. The third kappa shape index (κ3) is 3.17. The molecule has 3 aromatic rings. The smallest absolute Gasteiger partial charge is 0.218 e. The molecular formula is C17H17N3O. The SMILES string of the molecule is COc1nc2ccccc2cc1CNCc1ccccn1. The predicted octanol–water partition coefficient (Wildman–Crippen LogP) is 2.93. The summed E-state index contributed by atoms with van der Waals surface area (Å²) in [6, 6.07) is 16.1. The van der Waals surface area contributed by atoms with Crippen LogP contribution < -0.4 is 10.1 Å². The van der Waals surface area contributed by atoms with Crippen molar-refractivity contribution >= 4 is 10.9 Å². The van der Waals surface area contributed by atoms with Gasteiger partial charge < -0.3 is 10.1 Å². The molecule has 0 atom stereocenters. The first kappa shape index (κ1) is 13.5. The number of hydrogen-bond acceptors (Lipinski definition) is 4. The van der Waals surface area contributed by atoms with Gasteiger partial charge >= 0.3 is 0 Å². The molecule has 1 aromatic carbocycles. The molecule has 3 rings (SSSR count). The monoisotopic (exact) mass is 279 g/mol. The molecule has 0 saturated carbocycles. The zero-order valence-electron chi connectivity index (χ0n) is 11.9. The van der Waals surface area contributed by atoms with Crippen LogP contribution in [0.2, 0.25) is 0 Å². The van der Waals surface area contributed by atoms with E-state index in [1.54, 1.807) is 13.3 Å². The Bertz CT molecular complexity index is 728. The van der Waals surface area contributed by atoms with Crippen LogP contribution in [0.4, 0.5) is 0 Å². The van der Waals surface area contributed by atoms with Crippen LogP contribution >= 0.6 is 0 Å². The normalized spacial score (nSPS) is 10.7. The van der Waals surface area contributed by atoms with Crippen molar-refractivity contribution in [1.82, 2.24) is 15.3 Å². The number of pyridine rings is 2. The Balaban J connectivity index is 1.76. The summed E-state index contributed by atoms with van der Waals surface area (Å²) in [4.78, 5) is 8.83. The van der Waals surface area contributed by atoms with Crippen molar-refractivity contribution in [3.05, 3.63) is 66.0 Å². The molecule has 0 bridgehead atoms. The molecule has 0 fully saturated rings. The second-order valence-electron chi connectivity index (χ2n) is 4.77. The second-order valence-corrected chi connectivity index (χ2v) is 4.77. The van der Waals surface area contributed by atoms with Crippen LogP contribution in [0.5, 0.6) is 5.88 Å². The maximum absolute atomic E-state index is 5.39. The molecule has 0 spiro atoms. The number of nitrogens with one attached hydrogen (secondary N) is 1. The van der Waals surface area contributed by atoms with E-state index < -0.39 is 0 Å². The van der Waals surface area contributed by atoms with Crippen LogP contribution in [0.3, 0.4) is 0 Å². The number of fused-ring (bicyclic) bond motifs is 1. The van der Waals surface area contributed by atoms with E-state index in [4.69, 9.17) is 4.74 Å². The molecule has 1 N–H and O–H groups in total. The van der Waals surface area contributed by atoms with Crippen molar-refractivity contribution in [1.29, 1.82) is 0 Å². The number of aromatic nitrogens is 2. The standard InChI is InChI=1S/C17H17N3O/c1-21-17-14(10-13-6-2-3-8-16(13)20-17)11-18-12-15-7-4-5-9-19-15/h2-10,18H,11-12H2,1H3. The molecule has 2 heterocycles. The average molecular weight is 279 g/mol. The highest BCUT2D eigenvalue weighted by Crippen LogP contribution is 2.21. The molecule has 0 aliphatic carbocycles. The fourth-order valence-electron chi connectivity index (χ4n) is 2.27. The zero-order valence-corrected chi connectivity index (χ0v) is 11.9. The number of hydrogen-bond donors (Lipinski definition) is 1. The highest BCUT2D eigenvalue weighted by molar-refractivity contribution is 5.80. The van der Waals surface area contributed by atoms with Crippen molar-refractivity contribution < 1.29 is 4.74 Å². The lowest BCUT2D eigenvalue weighted by Crippen LogP contribution is -2.14. The maximum atomic E-state index is 5.39. The minimum atomic E-state index is 0.669. The summed E-state index contributed by atoms with van der Waals surface area (Å²) in [6.07, 6.45) is 1.80. The third-order valence-corrected chi connectivity index (χ3v) is 3.30. The van der Waals surface area contributed by atoms with Crippen molar-refractivity contribution in [3.8, 4) is 5.88 Å². The highest BCUT2D eigenvalue weighted by Gasteiger charge is 2.07. The van der Waals surface area contributed by atoms with E-state index in [0.717, 1.165) is 28.7 Å². The lowest BCUT2D eigenvalue weighted by atomic mass is 10.1. The summed E-state index contributed by atoms with van der Waals surface area (Å²) in [6.45, 7) is 1.41. The fraction of sp³-hybridized carbons (Fsp3) is 0.176. The number of para-hydroxylation sites is 1. The van der Waals surface area contributed by atoms with E-state index >= 15 is 0 Å². The van der Waals surface area contributed by atoms with Crippen LogP contribution in [0, 0.1) is 0 Å². The number of rotatable bonds is 5. The van der Waals surface area contributed by atoms with Gasteiger partial charge in [-0.3, -0.25) is 4.98 Å². The van der Waals surface area contributed by atoms with E-state index in [2.05, 4.69) is 27.4 Å². The molecular weight excluding hydrogens is 262 g/mol. The summed E-state index contributed by atoms with van der Waals surface area (Å²) in [5, 5.41) is 4.49. The summed E-state index contributed by atoms with van der Waals surface area (Å²) >= 11 is 0. The van der Waals surface area contributed by atoms with E-state index in [1.807, 2.05) is 36.4 Å². The molecule has 0 radical (unpaired) electrons. The van der Waals surface area contributed by atoms with Crippen LogP contribution in [-0.2, 0) is 13.1 Å². The van der Waals surface area contributed by atoms with Gasteiger partial charge in [-0.05, 0) is 24.3 Å². The first-order valence-electron chi connectivity index (χ1n) is 6.90. The van der Waals surface area contributed by atoms with Crippen molar-refractivity contribution in [2.45, 2.75) is 13.1 Å². The second kappa shape index (κ2) is 6.33. The first-order chi connectivity index (χ1) is 10.4. The first-order valence-corrected chi connectivity index (χ1v) is 6.90. The minimum absolute atomic E-state index is 0.669. The number of benzene rings is 1. The molecule has 0 amide bonds. The summed E-state index contributed by atoms with van der Waals surface area (Å²) in [5.41, 5.74) is 3.01. The minimum Gasteiger partial charge on any atom is -0.481 e. The molecule has 0 unspecified atom stereocenters. The van der Waals surface area contributed by atoms with Crippen LogP contribution in [0.15, 0.2) is 54.7 Å². The lowest BCUT2D eigenvalue weighted by Gasteiger charge is -2.10. The van der Waals surface area contributed by atoms with Crippen molar-refractivity contribution in [3.63, 3.8) is 0 Å².